The third-order valence-electron chi connectivity index (χ3n) is 3.59. The number of carbonyl (C=O) groups is 1. The van der Waals surface area contributed by atoms with Gasteiger partial charge in [0.1, 0.15) is 0 Å². The Labute approximate surface area is 146 Å². The fraction of sp³-hybridized carbons (Fsp3) is 0.235. The van der Waals surface area contributed by atoms with E-state index in [1.165, 1.54) is 23.9 Å². The summed E-state index contributed by atoms with van der Waals surface area (Å²) in [6.07, 6.45) is 0. The van der Waals surface area contributed by atoms with E-state index in [1.807, 2.05) is 37.3 Å². The lowest BCUT2D eigenvalue weighted by atomic mass is 10.1. The number of sulfonamides is 1. The van der Waals surface area contributed by atoms with Crippen LogP contribution in [0.3, 0.4) is 0 Å². The Hall–Kier alpha value is -1.83. The molecule has 3 N–H and O–H groups in total. The van der Waals surface area contributed by atoms with Crippen molar-refractivity contribution in [2.75, 3.05) is 11.1 Å². The van der Waals surface area contributed by atoms with E-state index in [-0.39, 0.29) is 16.6 Å². The van der Waals surface area contributed by atoms with Crippen LogP contribution in [0.1, 0.15) is 16.7 Å². The molecule has 1 amide bonds. The fourth-order valence-electron chi connectivity index (χ4n) is 2.14. The van der Waals surface area contributed by atoms with Crippen molar-refractivity contribution < 1.29 is 13.2 Å². The van der Waals surface area contributed by atoms with Crippen molar-refractivity contribution in [2.24, 2.45) is 5.14 Å². The molecule has 24 heavy (non-hydrogen) atoms. The SMILES string of the molecule is Cc1cc(S(N)(=O)=O)cc(NC(=O)CSCc2ccccc2)c1C. The van der Waals surface area contributed by atoms with E-state index in [0.29, 0.717) is 5.69 Å². The third-order valence-corrected chi connectivity index (χ3v) is 5.48. The first-order chi connectivity index (χ1) is 11.3. The number of aryl methyl sites for hydroxylation is 1. The van der Waals surface area contributed by atoms with Crippen LogP contribution in [-0.2, 0) is 20.6 Å². The molecule has 0 heterocycles. The number of amides is 1. The molecule has 2 aromatic rings. The summed E-state index contributed by atoms with van der Waals surface area (Å²) in [6, 6.07) is 12.8. The van der Waals surface area contributed by atoms with Gasteiger partial charge in [-0.25, -0.2) is 13.6 Å². The van der Waals surface area contributed by atoms with Gasteiger partial charge in [0.2, 0.25) is 15.9 Å². The molecule has 0 atom stereocenters. The average molecular weight is 364 g/mol. The maximum atomic E-state index is 12.1. The molecular formula is C17H20N2O3S2. The number of carbonyl (C=O) groups excluding carboxylic acids is 1. The third kappa shape index (κ3) is 5.09. The number of nitrogens with one attached hydrogen (secondary N) is 1. The summed E-state index contributed by atoms with van der Waals surface area (Å²) in [7, 11) is -3.81. The summed E-state index contributed by atoms with van der Waals surface area (Å²) in [5, 5.41) is 7.95. The van der Waals surface area contributed by atoms with Crippen LogP contribution in [0, 0.1) is 13.8 Å². The second-order valence-electron chi connectivity index (χ2n) is 5.48. The predicted molar refractivity (Wildman–Crippen MR) is 98.5 cm³/mol. The Bertz CT molecular complexity index is 834. The lowest BCUT2D eigenvalue weighted by Crippen LogP contribution is -2.17. The maximum absolute atomic E-state index is 12.1. The van der Waals surface area contributed by atoms with Gasteiger partial charge >= 0.3 is 0 Å². The van der Waals surface area contributed by atoms with Crippen molar-refractivity contribution in [1.29, 1.82) is 0 Å². The minimum Gasteiger partial charge on any atom is -0.325 e. The molecule has 0 saturated heterocycles. The molecule has 0 aliphatic carbocycles. The Morgan fingerprint density at radius 1 is 1.17 bits per heavy atom. The first kappa shape index (κ1) is 18.5. The van der Waals surface area contributed by atoms with Gasteiger partial charge in [-0.2, -0.15) is 0 Å². The number of benzene rings is 2. The van der Waals surface area contributed by atoms with E-state index < -0.39 is 10.0 Å². The highest BCUT2D eigenvalue weighted by Gasteiger charge is 2.14. The number of hydrogen-bond acceptors (Lipinski definition) is 4. The van der Waals surface area contributed by atoms with Crippen molar-refractivity contribution in [3.8, 4) is 0 Å². The van der Waals surface area contributed by atoms with E-state index >= 15 is 0 Å². The van der Waals surface area contributed by atoms with E-state index in [4.69, 9.17) is 5.14 Å². The van der Waals surface area contributed by atoms with Crippen LogP contribution in [0.5, 0.6) is 0 Å². The van der Waals surface area contributed by atoms with E-state index in [0.717, 1.165) is 22.4 Å². The molecule has 0 fully saturated rings. The molecule has 2 aromatic carbocycles. The van der Waals surface area contributed by atoms with Gasteiger partial charge in [-0.15, -0.1) is 11.8 Å². The molecule has 5 nitrogen and oxygen atoms in total. The number of nitrogens with two attached hydrogens (primary N) is 1. The maximum Gasteiger partial charge on any atom is 0.238 e. The van der Waals surface area contributed by atoms with Crippen molar-refractivity contribution in [3.05, 3.63) is 59.2 Å². The van der Waals surface area contributed by atoms with E-state index in [9.17, 15) is 13.2 Å². The van der Waals surface area contributed by atoms with Gasteiger partial charge in [-0.3, -0.25) is 4.79 Å². The molecule has 7 heteroatoms. The zero-order chi connectivity index (χ0) is 17.7. The summed E-state index contributed by atoms with van der Waals surface area (Å²) in [6.45, 7) is 3.61. The average Bonchev–Trinajstić information content (AvgIpc) is 2.51. The minimum absolute atomic E-state index is 0.00200. The molecule has 0 radical (unpaired) electrons. The van der Waals surface area contributed by atoms with Gasteiger partial charge in [0.15, 0.2) is 0 Å². The molecule has 0 unspecified atom stereocenters. The van der Waals surface area contributed by atoms with Crippen LogP contribution < -0.4 is 10.5 Å². The molecule has 128 valence electrons. The topological polar surface area (TPSA) is 89.3 Å². The molecule has 0 bridgehead atoms. The summed E-state index contributed by atoms with van der Waals surface area (Å²) in [4.78, 5) is 12.1. The standard InChI is InChI=1S/C17H20N2O3S2/c1-12-8-15(24(18,21)22)9-16(13(12)2)19-17(20)11-23-10-14-6-4-3-5-7-14/h3-9H,10-11H2,1-2H3,(H,19,20)(H2,18,21,22). The highest BCUT2D eigenvalue weighted by Crippen LogP contribution is 2.24. The van der Waals surface area contributed by atoms with E-state index in [2.05, 4.69) is 5.32 Å². The summed E-state index contributed by atoms with van der Waals surface area (Å²) < 4.78 is 23.0. The van der Waals surface area contributed by atoms with Crippen LogP contribution in [0.4, 0.5) is 5.69 Å². The van der Waals surface area contributed by atoms with E-state index in [1.54, 1.807) is 6.92 Å². The molecule has 0 saturated carbocycles. The molecule has 0 aliphatic rings. The summed E-state index contributed by atoms with van der Waals surface area (Å²) in [5.74, 6) is 0.848. The first-order valence-electron chi connectivity index (χ1n) is 7.33. The van der Waals surface area contributed by atoms with Crippen LogP contribution in [-0.4, -0.2) is 20.1 Å². The molecule has 0 aliphatic heterocycles. The predicted octanol–water partition coefficient (Wildman–Crippen LogP) is 2.82. The van der Waals surface area contributed by atoms with Crippen LogP contribution in [0.2, 0.25) is 0 Å². The second-order valence-corrected chi connectivity index (χ2v) is 8.03. The molecule has 0 aromatic heterocycles. The molecule has 0 spiro atoms. The Kier molecular flexibility index (Phi) is 6.04. The highest BCUT2D eigenvalue weighted by molar-refractivity contribution is 7.99. The van der Waals surface area contributed by atoms with Crippen molar-refractivity contribution in [2.45, 2.75) is 24.5 Å². The normalized spacial score (nSPS) is 11.3. The monoisotopic (exact) mass is 364 g/mol. The molecular weight excluding hydrogens is 344 g/mol. The van der Waals surface area contributed by atoms with Gasteiger partial charge < -0.3 is 5.32 Å². The minimum atomic E-state index is -3.81. The van der Waals surface area contributed by atoms with Crippen molar-refractivity contribution in [3.63, 3.8) is 0 Å². The van der Waals surface area contributed by atoms with Crippen molar-refractivity contribution >= 4 is 33.4 Å². The second kappa shape index (κ2) is 7.83. The number of anilines is 1. The largest absolute Gasteiger partial charge is 0.325 e. The summed E-state index contributed by atoms with van der Waals surface area (Å²) >= 11 is 1.50. The van der Waals surface area contributed by atoms with Crippen LogP contribution in [0.25, 0.3) is 0 Å². The van der Waals surface area contributed by atoms with Gasteiger partial charge in [0, 0.05) is 11.4 Å². The zero-order valence-corrected chi connectivity index (χ0v) is 15.2. The quantitative estimate of drug-likeness (QED) is 0.825. The zero-order valence-electron chi connectivity index (χ0n) is 13.6. The van der Waals surface area contributed by atoms with Gasteiger partial charge in [0.25, 0.3) is 0 Å². The Morgan fingerprint density at radius 2 is 1.83 bits per heavy atom. The van der Waals surface area contributed by atoms with Gasteiger partial charge in [-0.1, -0.05) is 30.3 Å². The number of rotatable bonds is 6. The lowest BCUT2D eigenvalue weighted by Gasteiger charge is -2.12. The van der Waals surface area contributed by atoms with Gasteiger partial charge in [-0.05, 0) is 42.7 Å². The molecule has 2 rings (SSSR count). The Balaban J connectivity index is 2.02. The fourth-order valence-corrected chi connectivity index (χ4v) is 3.55. The van der Waals surface area contributed by atoms with Crippen LogP contribution in [0.15, 0.2) is 47.4 Å². The lowest BCUT2D eigenvalue weighted by molar-refractivity contribution is -0.113. The van der Waals surface area contributed by atoms with Gasteiger partial charge in [0.05, 0.1) is 10.6 Å². The number of hydrogen-bond donors (Lipinski definition) is 2. The highest BCUT2D eigenvalue weighted by atomic mass is 32.2. The van der Waals surface area contributed by atoms with Crippen molar-refractivity contribution in [1.82, 2.24) is 0 Å². The summed E-state index contributed by atoms with van der Waals surface area (Å²) in [5.41, 5.74) is 3.21. The Morgan fingerprint density at radius 3 is 2.46 bits per heavy atom. The number of primary sulfonamides is 1. The smallest absolute Gasteiger partial charge is 0.238 e. The van der Waals surface area contributed by atoms with Crippen LogP contribution >= 0.6 is 11.8 Å². The number of thioether (sulfide) groups is 1. The first-order valence-corrected chi connectivity index (χ1v) is 10.0.